The van der Waals surface area contributed by atoms with E-state index in [1.54, 1.807) is 7.11 Å². The van der Waals surface area contributed by atoms with Crippen molar-refractivity contribution in [3.8, 4) is 5.75 Å². The monoisotopic (exact) mass is 822 g/mol. The minimum Gasteiger partial charge on any atom is -0.497 e. The summed E-state index contributed by atoms with van der Waals surface area (Å²) in [5.74, 6) is -0.354. The number of ether oxygens (including phenoxy) is 3. The zero-order valence-corrected chi connectivity index (χ0v) is 35.9. The number of amides is 2. The molecule has 0 radical (unpaired) electrons. The summed E-state index contributed by atoms with van der Waals surface area (Å²) in [7, 11) is 0.602. The molecule has 2 saturated heterocycles. The summed E-state index contributed by atoms with van der Waals surface area (Å²) in [6, 6.07) is 23.9. The van der Waals surface area contributed by atoms with Gasteiger partial charge in [0, 0.05) is 49.4 Å². The number of esters is 1. The Labute approximate surface area is 347 Å². The van der Waals surface area contributed by atoms with Crippen LogP contribution < -0.4 is 25.5 Å². The Kier molecular flexibility index (Phi) is 13.0. The summed E-state index contributed by atoms with van der Waals surface area (Å²) in [5.41, 5.74) is 2.46. The van der Waals surface area contributed by atoms with Crippen LogP contribution in [0.25, 0.3) is 0 Å². The van der Waals surface area contributed by atoms with E-state index in [-0.39, 0.29) is 60.2 Å². The fourth-order valence-electron chi connectivity index (χ4n) is 9.74. The minimum atomic E-state index is -2.44. The van der Waals surface area contributed by atoms with Gasteiger partial charge in [-0.2, -0.15) is 0 Å². The second kappa shape index (κ2) is 18.2. The number of hydrogen-bond donors (Lipinski definition) is 3. The van der Waals surface area contributed by atoms with Crippen molar-refractivity contribution in [3.05, 3.63) is 95.8 Å². The number of aliphatic hydroxyl groups is 1. The molecule has 3 aromatic carbocycles. The number of aromatic nitrogens is 3. The van der Waals surface area contributed by atoms with Crippen LogP contribution in [0.15, 0.2) is 79.0 Å². The number of methoxy groups -OCH3 is 2. The van der Waals surface area contributed by atoms with E-state index in [1.165, 1.54) is 12.3 Å². The Morgan fingerprint density at radius 1 is 1.07 bits per heavy atom. The Morgan fingerprint density at radius 3 is 2.54 bits per heavy atom. The quantitative estimate of drug-likeness (QED) is 0.0766. The number of aryl methyl sites for hydroxylation is 1. The molecule has 0 aliphatic carbocycles. The van der Waals surface area contributed by atoms with Gasteiger partial charge in [-0.05, 0) is 80.1 Å². The number of nitrogens with one attached hydrogen (secondary N) is 2. The zero-order valence-electron chi connectivity index (χ0n) is 34.9. The van der Waals surface area contributed by atoms with E-state index in [4.69, 9.17) is 14.2 Å². The van der Waals surface area contributed by atoms with E-state index >= 15 is 4.79 Å². The Hall–Kier alpha value is -4.89. The van der Waals surface area contributed by atoms with Gasteiger partial charge >= 0.3 is 5.97 Å². The van der Waals surface area contributed by atoms with E-state index in [1.807, 2.05) is 76.4 Å². The normalized spacial score (nSPS) is 23.3. The van der Waals surface area contributed by atoms with E-state index in [0.717, 1.165) is 42.0 Å². The topological polar surface area (TPSA) is 157 Å². The van der Waals surface area contributed by atoms with Gasteiger partial charge in [0.2, 0.25) is 5.91 Å². The highest BCUT2D eigenvalue weighted by Gasteiger charge is 2.66. The zero-order chi connectivity index (χ0) is 41.7. The van der Waals surface area contributed by atoms with Crippen molar-refractivity contribution in [3.63, 3.8) is 0 Å². The maximum atomic E-state index is 15.3. The highest BCUT2D eigenvalue weighted by molar-refractivity contribution is 6.91. The predicted molar refractivity (Wildman–Crippen MR) is 228 cm³/mol. The molecule has 6 atom stereocenters. The lowest BCUT2D eigenvalue weighted by Crippen LogP contribution is -2.52. The molecule has 2 fully saturated rings. The van der Waals surface area contributed by atoms with Crippen LogP contribution in [-0.4, -0.2) is 92.5 Å². The molecule has 7 rings (SSSR count). The minimum absolute atomic E-state index is 0.0176. The van der Waals surface area contributed by atoms with Crippen LogP contribution in [0.1, 0.15) is 68.2 Å². The molecule has 3 aliphatic rings. The third-order valence-electron chi connectivity index (χ3n) is 13.0. The second-order valence-corrected chi connectivity index (χ2v) is 21.4. The van der Waals surface area contributed by atoms with Gasteiger partial charge in [0.15, 0.2) is 5.60 Å². The fourth-order valence-corrected chi connectivity index (χ4v) is 13.8. The third kappa shape index (κ3) is 8.45. The highest BCUT2D eigenvalue weighted by atomic mass is 28.3. The first-order valence-electron chi connectivity index (χ1n) is 20.9. The van der Waals surface area contributed by atoms with Crippen LogP contribution in [0.3, 0.4) is 0 Å². The number of fused-ring (bicyclic) bond motifs is 2. The Balaban J connectivity index is 1.24. The molecule has 314 valence electrons. The fraction of sp³-hybridized carbons (Fsp3) is 0.489. The van der Waals surface area contributed by atoms with Crippen molar-refractivity contribution in [2.75, 3.05) is 50.7 Å². The molecule has 2 unspecified atom stereocenters. The van der Waals surface area contributed by atoms with Gasteiger partial charge < -0.3 is 34.9 Å². The number of carbonyl (C=O) groups is 3. The SMILES string of the molecule is COC(=O)CCCCN1C(=O)[C@@]2(O[C@@H](CCn3cc(C(CO)c4ccccc4)nn3)[C@H]([Si](C)(C)c3ccc(OC)cc3)[C@H]2C)c2cc(NC(=O)C3CCCNC3)ccc21. The molecular weight excluding hydrogens is 765 g/mol. The number of unbranched alkanes of at least 4 members (excludes halogenated alkanes) is 1. The first-order valence-corrected chi connectivity index (χ1v) is 24.0. The van der Waals surface area contributed by atoms with Crippen LogP contribution in [0, 0.1) is 11.8 Å². The third-order valence-corrected chi connectivity index (χ3v) is 17.3. The predicted octanol–water partition coefficient (Wildman–Crippen LogP) is 5.35. The van der Waals surface area contributed by atoms with Crippen LogP contribution >= 0.6 is 0 Å². The van der Waals surface area contributed by atoms with Gasteiger partial charge in [-0.3, -0.25) is 19.1 Å². The van der Waals surface area contributed by atoms with Crippen molar-refractivity contribution in [1.29, 1.82) is 0 Å². The Morgan fingerprint density at radius 2 is 1.85 bits per heavy atom. The number of hydrogen-bond acceptors (Lipinski definition) is 10. The average molecular weight is 823 g/mol. The van der Waals surface area contributed by atoms with E-state index < -0.39 is 13.7 Å². The molecule has 4 heterocycles. The maximum Gasteiger partial charge on any atom is 0.305 e. The number of carbonyl (C=O) groups excluding carboxylic acids is 3. The number of nitrogens with zero attached hydrogens (tertiary/aromatic N) is 4. The van der Waals surface area contributed by atoms with Crippen molar-refractivity contribution in [2.45, 2.75) is 88.3 Å². The van der Waals surface area contributed by atoms with Crippen molar-refractivity contribution < 1.29 is 33.7 Å². The van der Waals surface area contributed by atoms with Gasteiger partial charge in [0.25, 0.3) is 5.91 Å². The molecule has 0 saturated carbocycles. The van der Waals surface area contributed by atoms with Crippen molar-refractivity contribution >= 4 is 42.4 Å². The smallest absolute Gasteiger partial charge is 0.305 e. The molecule has 59 heavy (non-hydrogen) atoms. The first-order chi connectivity index (χ1) is 28.5. The molecule has 13 nitrogen and oxygen atoms in total. The number of benzene rings is 3. The summed E-state index contributed by atoms with van der Waals surface area (Å²) in [6.45, 7) is 9.20. The molecule has 1 spiro atoms. The van der Waals surface area contributed by atoms with Gasteiger partial charge in [0.05, 0.1) is 58.2 Å². The standard InChI is InChI=1S/C45H58N6O7Si/c1-30-42(59(4,5)35-19-17-34(56-2)18-20-35)40(22-25-50-28-38(48-49-50)36(29-52)31-12-7-6-8-13-31)58-45(30)37-26-33(47-43(54)32-14-11-23-46-27-32)16-21-39(37)51(44(45)55)24-10-9-15-41(53)57-3/h6-8,12-13,16-21,26,28,30,32,36,40,42,46,52H,9-11,14-15,22-25,27,29H2,1-5H3,(H,47,54)/t30-,32?,36?,40+,42-,45+/m1/s1. The molecular formula is C45H58N6O7Si. The average Bonchev–Trinajstić information content (AvgIpc) is 3.92. The Bertz CT molecular complexity index is 2090. The lowest BCUT2D eigenvalue weighted by Gasteiger charge is -2.37. The number of piperidine rings is 1. The molecule has 1 aromatic heterocycles. The summed E-state index contributed by atoms with van der Waals surface area (Å²) in [5, 5.41) is 27.0. The van der Waals surface area contributed by atoms with Gasteiger partial charge in [-0.1, -0.05) is 72.9 Å². The molecule has 3 aliphatic heterocycles. The van der Waals surface area contributed by atoms with E-state index in [9.17, 15) is 14.7 Å². The summed E-state index contributed by atoms with van der Waals surface area (Å²) >= 11 is 0. The number of anilines is 2. The van der Waals surface area contributed by atoms with Gasteiger partial charge in [-0.25, -0.2) is 0 Å². The van der Waals surface area contributed by atoms with Gasteiger partial charge in [-0.15, -0.1) is 5.10 Å². The maximum absolute atomic E-state index is 15.3. The van der Waals surface area contributed by atoms with Crippen molar-refractivity contribution in [2.24, 2.45) is 11.8 Å². The summed E-state index contributed by atoms with van der Waals surface area (Å²) in [4.78, 5) is 42.6. The number of aliphatic hydroxyl groups excluding tert-OH is 1. The summed E-state index contributed by atoms with van der Waals surface area (Å²) < 4.78 is 19.6. The van der Waals surface area contributed by atoms with E-state index in [0.29, 0.717) is 50.3 Å². The van der Waals surface area contributed by atoms with Crippen molar-refractivity contribution in [1.82, 2.24) is 20.3 Å². The molecule has 3 N–H and O–H groups in total. The summed E-state index contributed by atoms with van der Waals surface area (Å²) in [6.07, 6.45) is 5.32. The highest BCUT2D eigenvalue weighted by Crippen LogP contribution is 2.60. The molecule has 0 bridgehead atoms. The largest absolute Gasteiger partial charge is 0.497 e. The lowest BCUT2D eigenvalue weighted by molar-refractivity contribution is -0.146. The number of rotatable bonds is 16. The van der Waals surface area contributed by atoms with Crippen LogP contribution in [0.4, 0.5) is 11.4 Å². The lowest BCUT2D eigenvalue weighted by atomic mass is 9.82. The molecule has 4 aromatic rings. The van der Waals surface area contributed by atoms with Crippen LogP contribution in [0.2, 0.25) is 18.6 Å². The van der Waals surface area contributed by atoms with Crippen LogP contribution in [0.5, 0.6) is 5.75 Å². The van der Waals surface area contributed by atoms with Gasteiger partial charge in [0.1, 0.15) is 5.75 Å². The second-order valence-electron chi connectivity index (χ2n) is 16.8. The van der Waals surface area contributed by atoms with E-state index in [2.05, 4.69) is 53.1 Å². The first kappa shape index (κ1) is 42.2. The van der Waals surface area contributed by atoms with Crippen LogP contribution in [-0.2, 0) is 36.0 Å². The molecule has 14 heteroatoms. The molecule has 2 amide bonds.